The second-order valence-electron chi connectivity index (χ2n) is 7.08. The van der Waals surface area contributed by atoms with Gasteiger partial charge in [-0.25, -0.2) is 0 Å². The zero-order valence-electron chi connectivity index (χ0n) is 13.5. The zero-order valence-corrected chi connectivity index (χ0v) is 13.5. The van der Waals surface area contributed by atoms with Crippen molar-refractivity contribution in [3.05, 3.63) is 0 Å². The van der Waals surface area contributed by atoms with Crippen LogP contribution in [0.3, 0.4) is 0 Å². The molecule has 0 saturated heterocycles. The van der Waals surface area contributed by atoms with Crippen LogP contribution in [0.4, 0.5) is 0 Å². The Morgan fingerprint density at radius 3 is 1.67 bits per heavy atom. The van der Waals surface area contributed by atoms with Crippen molar-refractivity contribution in [2.45, 2.75) is 61.3 Å². The van der Waals surface area contributed by atoms with E-state index in [1.807, 2.05) is 0 Å². The molecule has 0 aromatic carbocycles. The fourth-order valence-electron chi connectivity index (χ4n) is 1.82. The van der Waals surface area contributed by atoms with Gasteiger partial charge in [0.05, 0.1) is 0 Å². The van der Waals surface area contributed by atoms with E-state index in [9.17, 15) is 4.79 Å². The Kier molecular flexibility index (Phi) is 7.77. The maximum Gasteiger partial charge on any atom is 0.136 e. The molecule has 108 valence electrons. The van der Waals surface area contributed by atoms with Gasteiger partial charge in [-0.2, -0.15) is 0 Å². The molecule has 0 rings (SSSR count). The number of Topliss-reactive ketones (excluding diaryl/α,β-unsaturated/α-hetero) is 1. The second kappa shape index (κ2) is 7.93. The van der Waals surface area contributed by atoms with Crippen molar-refractivity contribution in [1.82, 2.24) is 4.90 Å². The number of ketones is 1. The van der Waals surface area contributed by atoms with Gasteiger partial charge in [-0.05, 0) is 44.7 Å². The number of hydrogen-bond acceptors (Lipinski definition) is 2. The Balaban J connectivity index is 4.40. The van der Waals surface area contributed by atoms with Crippen molar-refractivity contribution in [3.63, 3.8) is 0 Å². The minimum Gasteiger partial charge on any atom is -0.302 e. The van der Waals surface area contributed by atoms with Gasteiger partial charge in [-0.1, -0.05) is 41.5 Å². The van der Waals surface area contributed by atoms with Crippen LogP contribution in [0.2, 0.25) is 0 Å². The maximum absolute atomic E-state index is 11.7. The van der Waals surface area contributed by atoms with Crippen LogP contribution in [0.15, 0.2) is 0 Å². The van der Waals surface area contributed by atoms with Crippen LogP contribution >= 0.6 is 0 Å². The van der Waals surface area contributed by atoms with Gasteiger partial charge >= 0.3 is 0 Å². The van der Waals surface area contributed by atoms with Gasteiger partial charge in [0, 0.05) is 12.0 Å². The average Bonchev–Trinajstić information content (AvgIpc) is 2.21. The van der Waals surface area contributed by atoms with E-state index in [0.29, 0.717) is 5.78 Å². The molecule has 0 aliphatic rings. The normalized spacial score (nSPS) is 12.8. The van der Waals surface area contributed by atoms with Crippen molar-refractivity contribution in [2.75, 3.05) is 19.6 Å². The lowest BCUT2D eigenvalue weighted by molar-refractivity contribution is -0.125. The lowest BCUT2D eigenvalue weighted by Crippen LogP contribution is -2.40. The third kappa shape index (κ3) is 7.86. The van der Waals surface area contributed by atoms with Crippen LogP contribution in [0.25, 0.3) is 0 Å². The van der Waals surface area contributed by atoms with Gasteiger partial charge in [0.1, 0.15) is 5.78 Å². The molecule has 0 spiro atoms. The summed E-state index contributed by atoms with van der Waals surface area (Å²) in [5.74, 6) is 1.75. The molecule has 2 nitrogen and oxygen atoms in total. The topological polar surface area (TPSA) is 20.3 Å². The minimum absolute atomic E-state index is 0.214. The molecule has 0 N–H and O–H groups in total. The highest BCUT2D eigenvalue weighted by Crippen LogP contribution is 2.19. The number of carbonyl (C=O) groups excluding carboxylic acids is 1. The minimum atomic E-state index is -0.214. The smallest absolute Gasteiger partial charge is 0.136 e. The number of carbonyl (C=O) groups is 1. The lowest BCUT2D eigenvalue weighted by Gasteiger charge is -2.32. The van der Waals surface area contributed by atoms with Crippen LogP contribution in [-0.2, 0) is 4.79 Å². The molecule has 0 aromatic rings. The Labute approximate surface area is 114 Å². The first-order valence-corrected chi connectivity index (χ1v) is 7.38. The summed E-state index contributed by atoms with van der Waals surface area (Å²) < 4.78 is 0. The highest BCUT2D eigenvalue weighted by atomic mass is 16.1. The van der Waals surface area contributed by atoms with E-state index in [1.54, 1.807) is 6.92 Å². The summed E-state index contributed by atoms with van der Waals surface area (Å²) >= 11 is 0. The van der Waals surface area contributed by atoms with E-state index in [1.165, 1.54) is 12.8 Å². The summed E-state index contributed by atoms with van der Waals surface area (Å²) in [6, 6.07) is 0. The van der Waals surface area contributed by atoms with E-state index < -0.39 is 0 Å². The van der Waals surface area contributed by atoms with E-state index in [4.69, 9.17) is 0 Å². The predicted octanol–water partition coefficient (Wildman–Crippen LogP) is 4.00. The molecule has 0 atom stereocenters. The van der Waals surface area contributed by atoms with Crippen molar-refractivity contribution in [3.8, 4) is 0 Å². The number of rotatable bonds is 9. The van der Waals surface area contributed by atoms with Crippen molar-refractivity contribution in [1.29, 1.82) is 0 Å². The average molecular weight is 255 g/mol. The highest BCUT2D eigenvalue weighted by molar-refractivity contribution is 5.81. The Hall–Kier alpha value is -0.370. The SMILES string of the molecule is CC(=O)C(C)(C)CN(CCC(C)C)CCC(C)C. The van der Waals surface area contributed by atoms with E-state index in [0.717, 1.165) is 31.5 Å². The predicted molar refractivity (Wildman–Crippen MR) is 79.8 cm³/mol. The highest BCUT2D eigenvalue weighted by Gasteiger charge is 2.26. The second-order valence-corrected chi connectivity index (χ2v) is 7.08. The summed E-state index contributed by atoms with van der Waals surface area (Å²) in [5.41, 5.74) is -0.214. The van der Waals surface area contributed by atoms with Crippen LogP contribution < -0.4 is 0 Å². The molecule has 0 heterocycles. The molecule has 0 radical (unpaired) electrons. The van der Waals surface area contributed by atoms with Gasteiger partial charge in [0.2, 0.25) is 0 Å². The van der Waals surface area contributed by atoms with Crippen LogP contribution in [0.5, 0.6) is 0 Å². The Bertz CT molecular complexity index is 231. The Morgan fingerprint density at radius 1 is 1.00 bits per heavy atom. The van der Waals surface area contributed by atoms with Crippen LogP contribution in [0, 0.1) is 17.3 Å². The van der Waals surface area contributed by atoms with E-state index >= 15 is 0 Å². The van der Waals surface area contributed by atoms with Crippen molar-refractivity contribution in [2.24, 2.45) is 17.3 Å². The van der Waals surface area contributed by atoms with Gasteiger partial charge in [-0.15, -0.1) is 0 Å². The van der Waals surface area contributed by atoms with Crippen LogP contribution in [-0.4, -0.2) is 30.3 Å². The standard InChI is InChI=1S/C16H33NO/c1-13(2)8-10-17(11-9-14(3)4)12-16(6,7)15(5)18/h13-14H,8-12H2,1-7H3. The summed E-state index contributed by atoms with van der Waals surface area (Å²) in [5, 5.41) is 0. The third-order valence-electron chi connectivity index (χ3n) is 3.62. The van der Waals surface area contributed by atoms with Gasteiger partial charge in [0.15, 0.2) is 0 Å². The van der Waals surface area contributed by atoms with Gasteiger partial charge in [0.25, 0.3) is 0 Å². The molecule has 0 unspecified atom stereocenters. The largest absolute Gasteiger partial charge is 0.302 e. The third-order valence-corrected chi connectivity index (χ3v) is 3.62. The molecular formula is C16H33NO. The lowest BCUT2D eigenvalue weighted by atomic mass is 9.88. The van der Waals surface area contributed by atoms with Crippen LogP contribution in [0.1, 0.15) is 61.3 Å². The van der Waals surface area contributed by atoms with E-state index in [-0.39, 0.29) is 5.41 Å². The first kappa shape index (κ1) is 17.6. The van der Waals surface area contributed by atoms with Gasteiger partial charge < -0.3 is 4.90 Å². The monoisotopic (exact) mass is 255 g/mol. The molecule has 2 heteroatoms. The zero-order chi connectivity index (χ0) is 14.3. The first-order chi connectivity index (χ1) is 8.15. The first-order valence-electron chi connectivity index (χ1n) is 7.38. The van der Waals surface area contributed by atoms with E-state index in [2.05, 4.69) is 46.4 Å². The fraction of sp³-hybridized carbons (Fsp3) is 0.938. The maximum atomic E-state index is 11.7. The molecule has 0 amide bonds. The molecule has 0 aliphatic carbocycles. The fourth-order valence-corrected chi connectivity index (χ4v) is 1.82. The summed E-state index contributed by atoms with van der Waals surface area (Å²) in [4.78, 5) is 14.1. The molecule has 0 aromatic heterocycles. The molecular weight excluding hydrogens is 222 g/mol. The molecule has 0 fully saturated rings. The summed E-state index contributed by atoms with van der Waals surface area (Å²) in [6.45, 7) is 18.0. The number of hydrogen-bond donors (Lipinski definition) is 0. The summed E-state index contributed by atoms with van der Waals surface area (Å²) in [7, 11) is 0. The van der Waals surface area contributed by atoms with Crippen molar-refractivity contribution < 1.29 is 4.79 Å². The molecule has 0 bridgehead atoms. The number of nitrogens with zero attached hydrogens (tertiary/aromatic N) is 1. The Morgan fingerprint density at radius 2 is 1.39 bits per heavy atom. The van der Waals surface area contributed by atoms with Gasteiger partial charge in [-0.3, -0.25) is 4.79 Å². The molecule has 18 heavy (non-hydrogen) atoms. The molecule has 0 aliphatic heterocycles. The van der Waals surface area contributed by atoms with Crippen molar-refractivity contribution >= 4 is 5.78 Å². The quantitative estimate of drug-likeness (QED) is 0.621. The molecule has 0 saturated carbocycles. The summed E-state index contributed by atoms with van der Waals surface area (Å²) in [6.07, 6.45) is 2.43.